The zero-order chi connectivity index (χ0) is 14.7. The number of benzene rings is 1. The lowest BCUT2D eigenvalue weighted by Crippen LogP contribution is -2.21. The van der Waals surface area contributed by atoms with E-state index in [1.54, 1.807) is 12.1 Å². The summed E-state index contributed by atoms with van der Waals surface area (Å²) in [6.45, 7) is 3.76. The minimum absolute atomic E-state index is 0.0180. The van der Waals surface area contributed by atoms with Crippen LogP contribution in [0.3, 0.4) is 0 Å². The Morgan fingerprint density at radius 3 is 2.45 bits per heavy atom. The van der Waals surface area contributed by atoms with Gasteiger partial charge in [-0.1, -0.05) is 44.2 Å². The molecule has 1 aromatic carbocycles. The number of aliphatic hydroxyl groups is 1. The number of methoxy groups -OCH3 is 1. The van der Waals surface area contributed by atoms with Crippen molar-refractivity contribution in [1.29, 1.82) is 0 Å². The number of hydrogen-bond acceptors (Lipinski definition) is 4. The summed E-state index contributed by atoms with van der Waals surface area (Å²) >= 11 is 0. The topological polar surface area (TPSA) is 75.2 Å². The number of ether oxygens (including phenoxy) is 1. The molecule has 0 aliphatic carbocycles. The molecule has 0 fully saturated rings. The Hall–Kier alpha value is -2.14. The van der Waals surface area contributed by atoms with Gasteiger partial charge in [-0.15, -0.1) is 0 Å². The van der Waals surface area contributed by atoms with Crippen molar-refractivity contribution in [3.05, 3.63) is 57.6 Å². The molecular weight excluding hydrogens is 256 g/mol. The fourth-order valence-electron chi connectivity index (χ4n) is 1.99. The van der Waals surface area contributed by atoms with E-state index in [1.807, 2.05) is 32.0 Å². The maximum atomic E-state index is 12.0. The van der Waals surface area contributed by atoms with Crippen LogP contribution in [0.1, 0.15) is 42.8 Å². The molecule has 2 N–H and O–H groups in total. The molecule has 0 spiro atoms. The van der Waals surface area contributed by atoms with Crippen molar-refractivity contribution >= 4 is 0 Å². The van der Waals surface area contributed by atoms with Crippen molar-refractivity contribution < 1.29 is 9.84 Å². The molecule has 0 bridgehead atoms. The van der Waals surface area contributed by atoms with Crippen molar-refractivity contribution in [2.45, 2.75) is 25.9 Å². The number of hydrogen-bond donors (Lipinski definition) is 2. The summed E-state index contributed by atoms with van der Waals surface area (Å²) in [5.41, 5.74) is 1.03. The molecule has 106 valence electrons. The molecule has 5 heteroatoms. The third-order valence-electron chi connectivity index (χ3n) is 3.06. The highest BCUT2D eigenvalue weighted by Crippen LogP contribution is 2.26. The van der Waals surface area contributed by atoms with E-state index in [-0.39, 0.29) is 23.1 Å². The maximum absolute atomic E-state index is 12.0. The van der Waals surface area contributed by atoms with Gasteiger partial charge < -0.3 is 14.8 Å². The van der Waals surface area contributed by atoms with Crippen LogP contribution in [0.25, 0.3) is 0 Å². The summed E-state index contributed by atoms with van der Waals surface area (Å²) in [6.07, 6.45) is -0.979. The molecule has 0 aliphatic heterocycles. The Morgan fingerprint density at radius 2 is 1.90 bits per heavy atom. The molecular formula is C15H18N2O3. The zero-order valence-corrected chi connectivity index (χ0v) is 11.8. The largest absolute Gasteiger partial charge is 0.480 e. The number of aliphatic hydroxyl groups excluding tert-OH is 1. The minimum Gasteiger partial charge on any atom is -0.480 e. The molecule has 0 saturated heterocycles. The monoisotopic (exact) mass is 274 g/mol. The first-order chi connectivity index (χ1) is 9.54. The van der Waals surface area contributed by atoms with E-state index in [0.717, 1.165) is 0 Å². The molecule has 1 atom stereocenters. The number of aromatic amines is 1. The van der Waals surface area contributed by atoms with Crippen LogP contribution in [-0.2, 0) is 0 Å². The third-order valence-corrected chi connectivity index (χ3v) is 3.06. The van der Waals surface area contributed by atoms with Crippen molar-refractivity contribution in [1.82, 2.24) is 9.97 Å². The quantitative estimate of drug-likeness (QED) is 0.894. The molecule has 2 aromatic rings. The molecule has 1 heterocycles. The molecule has 0 radical (unpaired) electrons. The van der Waals surface area contributed by atoms with Crippen LogP contribution >= 0.6 is 0 Å². The van der Waals surface area contributed by atoms with Gasteiger partial charge in [-0.25, -0.2) is 4.98 Å². The Labute approximate surface area is 117 Å². The van der Waals surface area contributed by atoms with E-state index < -0.39 is 6.10 Å². The van der Waals surface area contributed by atoms with E-state index in [4.69, 9.17) is 4.74 Å². The Bertz CT molecular complexity index is 635. The first-order valence-corrected chi connectivity index (χ1v) is 6.45. The third kappa shape index (κ3) is 2.72. The fraction of sp³-hybridized carbons (Fsp3) is 0.333. The van der Waals surface area contributed by atoms with Gasteiger partial charge in [-0.05, 0) is 5.56 Å². The predicted octanol–water partition coefficient (Wildman–Crippen LogP) is 1.98. The van der Waals surface area contributed by atoms with Crippen LogP contribution in [0.4, 0.5) is 0 Å². The maximum Gasteiger partial charge on any atom is 0.270 e. The standard InChI is InChI=1S/C15H18N2O3/c1-9(2)11-14(19)16-12(15(17-11)20-3)13(18)10-7-5-4-6-8-10/h4-9,13,18H,1-3H3,(H,16,19). The summed E-state index contributed by atoms with van der Waals surface area (Å²) in [6, 6.07) is 9.05. The SMILES string of the molecule is COc1nc(C(C)C)c(=O)[nH]c1C(O)c1ccccc1. The summed E-state index contributed by atoms with van der Waals surface area (Å²) in [5, 5.41) is 10.4. The van der Waals surface area contributed by atoms with Gasteiger partial charge >= 0.3 is 0 Å². The number of rotatable bonds is 4. The molecule has 20 heavy (non-hydrogen) atoms. The number of H-pyrrole nitrogens is 1. The Kier molecular flexibility index (Phi) is 4.20. The normalized spacial score (nSPS) is 12.4. The highest BCUT2D eigenvalue weighted by Gasteiger charge is 2.20. The zero-order valence-electron chi connectivity index (χ0n) is 11.8. The van der Waals surface area contributed by atoms with Crippen molar-refractivity contribution in [2.75, 3.05) is 7.11 Å². The van der Waals surface area contributed by atoms with E-state index in [9.17, 15) is 9.90 Å². The molecule has 5 nitrogen and oxygen atoms in total. The first kappa shape index (κ1) is 14.3. The Balaban J connectivity index is 2.52. The van der Waals surface area contributed by atoms with Crippen LogP contribution in [0.2, 0.25) is 0 Å². The second-order valence-corrected chi connectivity index (χ2v) is 4.84. The number of nitrogens with one attached hydrogen (secondary N) is 1. The first-order valence-electron chi connectivity index (χ1n) is 6.45. The van der Waals surface area contributed by atoms with Crippen LogP contribution in [0, 0.1) is 0 Å². The summed E-state index contributed by atoms with van der Waals surface area (Å²) in [4.78, 5) is 18.9. The average molecular weight is 274 g/mol. The predicted molar refractivity (Wildman–Crippen MR) is 76.0 cm³/mol. The van der Waals surface area contributed by atoms with E-state index in [2.05, 4.69) is 9.97 Å². The number of nitrogens with zero attached hydrogens (tertiary/aromatic N) is 1. The second kappa shape index (κ2) is 5.88. The highest BCUT2D eigenvalue weighted by molar-refractivity contribution is 5.32. The van der Waals surface area contributed by atoms with Crippen LogP contribution in [0.15, 0.2) is 35.1 Å². The molecule has 1 unspecified atom stereocenters. The van der Waals surface area contributed by atoms with Crippen LogP contribution < -0.4 is 10.3 Å². The van der Waals surface area contributed by atoms with Crippen molar-refractivity contribution in [3.8, 4) is 5.88 Å². The van der Waals surface area contributed by atoms with Crippen LogP contribution in [-0.4, -0.2) is 22.2 Å². The number of aromatic nitrogens is 2. The van der Waals surface area contributed by atoms with Crippen molar-refractivity contribution in [3.63, 3.8) is 0 Å². The van der Waals surface area contributed by atoms with Gasteiger partial charge in [0.25, 0.3) is 5.56 Å². The van der Waals surface area contributed by atoms with Gasteiger partial charge in [0.1, 0.15) is 17.5 Å². The van der Waals surface area contributed by atoms with E-state index >= 15 is 0 Å². The van der Waals surface area contributed by atoms with Gasteiger partial charge in [-0.3, -0.25) is 4.79 Å². The van der Waals surface area contributed by atoms with Crippen molar-refractivity contribution in [2.24, 2.45) is 0 Å². The molecule has 0 aliphatic rings. The Morgan fingerprint density at radius 1 is 1.25 bits per heavy atom. The summed E-state index contributed by atoms with van der Waals surface area (Å²) in [5.74, 6) is 0.222. The van der Waals surface area contributed by atoms with Gasteiger partial charge in [0, 0.05) is 5.92 Å². The smallest absolute Gasteiger partial charge is 0.270 e. The molecule has 0 saturated carbocycles. The molecule has 1 aromatic heterocycles. The van der Waals surface area contributed by atoms with Gasteiger partial charge in [0.05, 0.1) is 7.11 Å². The van der Waals surface area contributed by atoms with Crippen LogP contribution in [0.5, 0.6) is 5.88 Å². The van der Waals surface area contributed by atoms with E-state index in [1.165, 1.54) is 7.11 Å². The van der Waals surface area contributed by atoms with E-state index in [0.29, 0.717) is 11.3 Å². The average Bonchev–Trinajstić information content (AvgIpc) is 2.46. The summed E-state index contributed by atoms with van der Waals surface area (Å²) < 4.78 is 5.19. The lowest BCUT2D eigenvalue weighted by Gasteiger charge is -2.15. The lowest BCUT2D eigenvalue weighted by molar-refractivity contribution is 0.207. The molecule has 2 rings (SSSR count). The fourth-order valence-corrected chi connectivity index (χ4v) is 1.99. The second-order valence-electron chi connectivity index (χ2n) is 4.84. The minimum atomic E-state index is -0.979. The summed E-state index contributed by atoms with van der Waals surface area (Å²) in [7, 11) is 1.46. The van der Waals surface area contributed by atoms with Gasteiger partial charge in [0.2, 0.25) is 5.88 Å². The van der Waals surface area contributed by atoms with Gasteiger partial charge in [0.15, 0.2) is 0 Å². The van der Waals surface area contributed by atoms with Gasteiger partial charge in [-0.2, -0.15) is 0 Å². The molecule has 0 amide bonds. The highest BCUT2D eigenvalue weighted by atomic mass is 16.5. The lowest BCUT2D eigenvalue weighted by atomic mass is 10.1.